The maximum Gasteiger partial charge on any atom is 0.321 e. The number of imide groups is 1. The molecule has 0 saturated carbocycles. The lowest BCUT2D eigenvalue weighted by Gasteiger charge is -2.13. The number of rotatable bonds is 6. The number of nitrogens with one attached hydrogen (secondary N) is 2. The van der Waals surface area contributed by atoms with Gasteiger partial charge in [-0.2, -0.15) is 0 Å². The molecular formula is C22H22N4O3S2. The van der Waals surface area contributed by atoms with E-state index in [1.807, 2.05) is 31.2 Å². The van der Waals surface area contributed by atoms with E-state index in [-0.39, 0.29) is 17.9 Å². The van der Waals surface area contributed by atoms with Crippen LogP contribution in [0, 0.1) is 6.92 Å². The fourth-order valence-electron chi connectivity index (χ4n) is 3.54. The summed E-state index contributed by atoms with van der Waals surface area (Å²) in [5.41, 5.74) is 2.79. The normalized spacial score (nSPS) is 12.5. The number of nitrogens with zero attached hydrogens (tertiary/aromatic N) is 2. The summed E-state index contributed by atoms with van der Waals surface area (Å²) in [4.78, 5) is 44.1. The average molecular weight is 455 g/mol. The Morgan fingerprint density at radius 1 is 1.29 bits per heavy atom. The molecule has 0 atom stereocenters. The first-order valence-electron chi connectivity index (χ1n) is 9.93. The highest BCUT2D eigenvalue weighted by molar-refractivity contribution is 7.99. The Morgan fingerprint density at radius 3 is 2.81 bits per heavy atom. The van der Waals surface area contributed by atoms with Gasteiger partial charge in [0.2, 0.25) is 5.91 Å². The molecule has 7 nitrogen and oxygen atoms in total. The number of carbonyl (C=O) groups excluding carboxylic acids is 2. The van der Waals surface area contributed by atoms with E-state index in [9.17, 15) is 14.4 Å². The minimum atomic E-state index is -0.584. The van der Waals surface area contributed by atoms with E-state index in [1.54, 1.807) is 15.9 Å². The second-order valence-electron chi connectivity index (χ2n) is 7.24. The number of hydrogen-bond acceptors (Lipinski definition) is 6. The molecule has 2 aromatic heterocycles. The number of aryl methyl sites for hydroxylation is 3. The minimum absolute atomic E-state index is 0.0452. The van der Waals surface area contributed by atoms with Crippen LogP contribution in [0.5, 0.6) is 0 Å². The Labute approximate surface area is 187 Å². The second kappa shape index (κ2) is 9.07. The summed E-state index contributed by atoms with van der Waals surface area (Å²) in [5.74, 6) is -0.513. The molecule has 0 bridgehead atoms. The lowest BCUT2D eigenvalue weighted by molar-refractivity contribution is -0.117. The Hall–Kier alpha value is -2.91. The monoisotopic (exact) mass is 454 g/mol. The van der Waals surface area contributed by atoms with Gasteiger partial charge in [0.25, 0.3) is 5.56 Å². The summed E-state index contributed by atoms with van der Waals surface area (Å²) in [6.07, 6.45) is 4.46. The number of fused-ring (bicyclic) bond motifs is 3. The predicted molar refractivity (Wildman–Crippen MR) is 124 cm³/mol. The van der Waals surface area contributed by atoms with Gasteiger partial charge in [0.05, 0.1) is 16.8 Å². The Kier molecular flexibility index (Phi) is 6.24. The van der Waals surface area contributed by atoms with Crippen molar-refractivity contribution in [3.8, 4) is 5.69 Å². The summed E-state index contributed by atoms with van der Waals surface area (Å²) in [7, 11) is 0. The van der Waals surface area contributed by atoms with Crippen molar-refractivity contribution in [2.75, 3.05) is 12.3 Å². The summed E-state index contributed by atoms with van der Waals surface area (Å²) in [6.45, 7) is 5.76. The molecule has 4 rings (SSSR count). The summed E-state index contributed by atoms with van der Waals surface area (Å²) in [6, 6.07) is 7.05. The fourth-order valence-corrected chi connectivity index (χ4v) is 5.66. The number of urea groups is 1. The topological polar surface area (TPSA) is 93.1 Å². The summed E-state index contributed by atoms with van der Waals surface area (Å²) >= 11 is 2.70. The molecule has 1 aromatic carbocycles. The fraction of sp³-hybridized carbons (Fsp3) is 0.273. The highest BCUT2D eigenvalue weighted by Gasteiger charge is 2.24. The highest BCUT2D eigenvalue weighted by Crippen LogP contribution is 2.36. The molecule has 31 heavy (non-hydrogen) atoms. The summed E-state index contributed by atoms with van der Waals surface area (Å²) < 4.78 is 1.57. The van der Waals surface area contributed by atoms with Crippen molar-refractivity contribution in [3.05, 3.63) is 63.3 Å². The van der Waals surface area contributed by atoms with E-state index in [0.29, 0.717) is 21.1 Å². The van der Waals surface area contributed by atoms with E-state index < -0.39 is 11.9 Å². The van der Waals surface area contributed by atoms with Crippen molar-refractivity contribution in [1.29, 1.82) is 0 Å². The molecule has 0 fully saturated rings. The van der Waals surface area contributed by atoms with Gasteiger partial charge in [-0.1, -0.05) is 35.5 Å². The molecule has 3 amide bonds. The van der Waals surface area contributed by atoms with Gasteiger partial charge < -0.3 is 5.32 Å². The molecule has 9 heteroatoms. The van der Waals surface area contributed by atoms with E-state index in [0.717, 1.165) is 42.2 Å². The zero-order valence-corrected chi connectivity index (χ0v) is 18.7. The smallest absolute Gasteiger partial charge is 0.321 e. The third-order valence-corrected chi connectivity index (χ3v) is 7.12. The highest BCUT2D eigenvalue weighted by atomic mass is 32.2. The molecule has 0 aliphatic heterocycles. The molecule has 0 radical (unpaired) electrons. The molecule has 1 aliphatic carbocycles. The summed E-state index contributed by atoms with van der Waals surface area (Å²) in [5, 5.41) is 5.88. The molecule has 0 spiro atoms. The van der Waals surface area contributed by atoms with Gasteiger partial charge >= 0.3 is 6.03 Å². The van der Waals surface area contributed by atoms with Gasteiger partial charge in [-0.15, -0.1) is 17.9 Å². The van der Waals surface area contributed by atoms with Gasteiger partial charge in [0, 0.05) is 11.4 Å². The molecule has 1 aliphatic rings. The first-order chi connectivity index (χ1) is 15.0. The van der Waals surface area contributed by atoms with Crippen LogP contribution >= 0.6 is 23.1 Å². The Morgan fingerprint density at radius 2 is 2.06 bits per heavy atom. The Bertz CT molecular complexity index is 1230. The number of carbonyl (C=O) groups is 2. The standard InChI is InChI=1S/C22H22N4O3S2/c1-3-11-23-21(29)24-17(27)12-30-22-25-19-18(15-5-4-6-16(15)31-19)20(28)26(22)14-9-7-13(2)8-10-14/h3,7-10H,1,4-6,11-12H2,2H3,(H2,23,24,27,29). The molecular weight excluding hydrogens is 432 g/mol. The molecule has 3 aromatic rings. The van der Waals surface area contributed by atoms with Crippen LogP contribution < -0.4 is 16.2 Å². The number of thiophene rings is 1. The van der Waals surface area contributed by atoms with Gasteiger partial charge in [0.15, 0.2) is 5.16 Å². The maximum atomic E-state index is 13.5. The lowest BCUT2D eigenvalue weighted by atomic mass is 10.2. The molecule has 160 valence electrons. The van der Waals surface area contributed by atoms with Crippen molar-refractivity contribution in [2.24, 2.45) is 0 Å². The van der Waals surface area contributed by atoms with Gasteiger partial charge in [-0.3, -0.25) is 19.5 Å². The number of aromatic nitrogens is 2. The molecule has 2 N–H and O–H groups in total. The van der Waals surface area contributed by atoms with Crippen LogP contribution in [0.3, 0.4) is 0 Å². The zero-order chi connectivity index (χ0) is 22.0. The van der Waals surface area contributed by atoms with E-state index in [4.69, 9.17) is 4.98 Å². The van der Waals surface area contributed by atoms with Gasteiger partial charge in [0.1, 0.15) is 4.83 Å². The van der Waals surface area contributed by atoms with E-state index >= 15 is 0 Å². The Balaban J connectivity index is 1.68. The zero-order valence-electron chi connectivity index (χ0n) is 17.1. The van der Waals surface area contributed by atoms with Gasteiger partial charge in [-0.25, -0.2) is 9.78 Å². The van der Waals surface area contributed by atoms with E-state index in [1.165, 1.54) is 11.0 Å². The van der Waals surface area contributed by atoms with Crippen molar-refractivity contribution < 1.29 is 9.59 Å². The van der Waals surface area contributed by atoms with Crippen LogP contribution in [0.15, 0.2) is 46.9 Å². The van der Waals surface area contributed by atoms with Crippen molar-refractivity contribution >= 4 is 45.3 Å². The molecule has 0 saturated heterocycles. The first kappa shape index (κ1) is 21.3. The third-order valence-electron chi connectivity index (χ3n) is 4.99. The SMILES string of the molecule is C=CCNC(=O)NC(=O)CSc1nc2sc3c(c2c(=O)n1-c1ccc(C)cc1)CCC3. The second-order valence-corrected chi connectivity index (χ2v) is 9.27. The maximum absolute atomic E-state index is 13.5. The van der Waals surface area contributed by atoms with E-state index in [2.05, 4.69) is 17.2 Å². The first-order valence-corrected chi connectivity index (χ1v) is 11.7. The number of hydrogen-bond donors (Lipinski definition) is 2. The van der Waals surface area contributed by atoms with Crippen LogP contribution in [0.25, 0.3) is 15.9 Å². The van der Waals surface area contributed by atoms with Crippen molar-refractivity contribution in [2.45, 2.75) is 31.3 Å². The van der Waals surface area contributed by atoms with Crippen LogP contribution in [0.4, 0.5) is 4.79 Å². The lowest BCUT2D eigenvalue weighted by Crippen LogP contribution is -2.40. The predicted octanol–water partition coefficient (Wildman–Crippen LogP) is 3.35. The number of amides is 3. The van der Waals surface area contributed by atoms with Crippen LogP contribution in [-0.2, 0) is 17.6 Å². The minimum Gasteiger partial charge on any atom is -0.334 e. The quantitative estimate of drug-likeness (QED) is 0.339. The average Bonchev–Trinajstić information content (AvgIpc) is 3.32. The van der Waals surface area contributed by atoms with Crippen molar-refractivity contribution in [3.63, 3.8) is 0 Å². The number of thioether (sulfide) groups is 1. The van der Waals surface area contributed by atoms with Crippen LogP contribution in [-0.4, -0.2) is 33.8 Å². The molecule has 0 unspecified atom stereocenters. The van der Waals surface area contributed by atoms with Crippen molar-refractivity contribution in [1.82, 2.24) is 20.2 Å². The van der Waals surface area contributed by atoms with Crippen LogP contribution in [0.1, 0.15) is 22.4 Å². The van der Waals surface area contributed by atoms with Gasteiger partial charge in [-0.05, 0) is 43.9 Å². The van der Waals surface area contributed by atoms with Crippen LogP contribution in [0.2, 0.25) is 0 Å². The third kappa shape index (κ3) is 4.42. The largest absolute Gasteiger partial charge is 0.334 e. The number of benzene rings is 1. The molecule has 2 heterocycles.